The molecule has 1 fully saturated rings. The molecule has 0 radical (unpaired) electrons. The number of hydrogen-bond donors (Lipinski definition) is 2. The average Bonchev–Trinajstić information content (AvgIpc) is 3.24. The van der Waals surface area contributed by atoms with E-state index in [0.29, 0.717) is 18.5 Å². The number of aldehydes is 1. The highest BCUT2D eigenvalue weighted by Gasteiger charge is 2.43. The Morgan fingerprint density at radius 3 is 2.75 bits per heavy atom. The smallest absolute Gasteiger partial charge is 0.255 e. The van der Waals surface area contributed by atoms with Crippen LogP contribution in [0.3, 0.4) is 0 Å². The van der Waals surface area contributed by atoms with Gasteiger partial charge in [-0.2, -0.15) is 0 Å². The fourth-order valence-electron chi connectivity index (χ4n) is 3.40. The molecule has 1 unspecified atom stereocenters. The highest BCUT2D eigenvalue weighted by molar-refractivity contribution is 6.01. The van der Waals surface area contributed by atoms with Gasteiger partial charge in [0.1, 0.15) is 12.3 Å². The molecule has 2 amide bonds. The molecule has 24 heavy (non-hydrogen) atoms. The van der Waals surface area contributed by atoms with Crippen LogP contribution < -0.4 is 11.1 Å². The molecular weight excluding hydrogens is 306 g/mol. The minimum absolute atomic E-state index is 0.154. The van der Waals surface area contributed by atoms with Crippen LogP contribution in [0.4, 0.5) is 0 Å². The fourth-order valence-corrected chi connectivity index (χ4v) is 3.40. The minimum atomic E-state index is -0.629. The van der Waals surface area contributed by atoms with E-state index >= 15 is 0 Å². The summed E-state index contributed by atoms with van der Waals surface area (Å²) in [6.45, 7) is 2.37. The van der Waals surface area contributed by atoms with Crippen LogP contribution in [0, 0.1) is 6.92 Å². The van der Waals surface area contributed by atoms with Gasteiger partial charge in [0.2, 0.25) is 5.91 Å². The van der Waals surface area contributed by atoms with Crippen molar-refractivity contribution in [3.63, 3.8) is 0 Å². The van der Waals surface area contributed by atoms with Crippen molar-refractivity contribution >= 4 is 18.1 Å². The molecular formula is C18H23N3O3. The Balaban J connectivity index is 1.93. The molecule has 1 aromatic carbocycles. The summed E-state index contributed by atoms with van der Waals surface area (Å²) in [5.41, 5.74) is 9.60. The Labute approximate surface area is 141 Å². The van der Waals surface area contributed by atoms with Crippen molar-refractivity contribution < 1.29 is 14.4 Å². The number of hydrogen-bond acceptors (Lipinski definition) is 4. The molecule has 1 aromatic rings. The number of amides is 2. The Hall–Kier alpha value is -2.21. The first-order valence-electron chi connectivity index (χ1n) is 8.30. The van der Waals surface area contributed by atoms with E-state index in [1.165, 1.54) is 0 Å². The molecule has 2 aliphatic rings. The van der Waals surface area contributed by atoms with Crippen molar-refractivity contribution in [2.24, 2.45) is 5.73 Å². The van der Waals surface area contributed by atoms with Gasteiger partial charge in [0, 0.05) is 31.1 Å². The third-order valence-corrected chi connectivity index (χ3v) is 5.14. The predicted octanol–water partition coefficient (Wildman–Crippen LogP) is 0.992. The fraction of sp³-hybridized carbons (Fsp3) is 0.500. The minimum Gasteiger partial charge on any atom is -0.357 e. The summed E-state index contributed by atoms with van der Waals surface area (Å²) in [6, 6.07) is 3.32. The maximum Gasteiger partial charge on any atom is 0.255 e. The maximum atomic E-state index is 12.9. The van der Waals surface area contributed by atoms with E-state index in [2.05, 4.69) is 11.4 Å². The lowest BCUT2D eigenvalue weighted by Gasteiger charge is -2.25. The Morgan fingerprint density at radius 1 is 1.46 bits per heavy atom. The van der Waals surface area contributed by atoms with E-state index in [4.69, 9.17) is 5.73 Å². The van der Waals surface area contributed by atoms with E-state index in [1.807, 2.05) is 13.0 Å². The van der Waals surface area contributed by atoms with Gasteiger partial charge in [0.25, 0.3) is 5.91 Å². The Morgan fingerprint density at radius 2 is 2.17 bits per heavy atom. The molecule has 1 aliphatic heterocycles. The molecule has 1 atom stereocenters. The van der Waals surface area contributed by atoms with Crippen LogP contribution in [-0.4, -0.2) is 36.1 Å². The quantitative estimate of drug-likeness (QED) is 0.761. The van der Waals surface area contributed by atoms with Gasteiger partial charge in [0.05, 0.1) is 0 Å². The Kier molecular flexibility index (Phi) is 4.17. The molecule has 3 rings (SSSR count). The second kappa shape index (κ2) is 6.02. The van der Waals surface area contributed by atoms with Gasteiger partial charge < -0.3 is 20.7 Å². The number of nitrogens with two attached hydrogens (primary N) is 1. The van der Waals surface area contributed by atoms with Crippen molar-refractivity contribution in [2.75, 3.05) is 7.05 Å². The van der Waals surface area contributed by atoms with E-state index in [-0.39, 0.29) is 23.8 Å². The first-order chi connectivity index (χ1) is 11.4. The van der Waals surface area contributed by atoms with Crippen LogP contribution >= 0.6 is 0 Å². The van der Waals surface area contributed by atoms with Gasteiger partial charge in [-0.3, -0.25) is 9.59 Å². The second-order valence-corrected chi connectivity index (χ2v) is 6.78. The molecule has 6 nitrogen and oxygen atoms in total. The second-order valence-electron chi connectivity index (χ2n) is 6.78. The van der Waals surface area contributed by atoms with Crippen molar-refractivity contribution in [1.29, 1.82) is 0 Å². The van der Waals surface area contributed by atoms with E-state index in [9.17, 15) is 14.4 Å². The lowest BCUT2D eigenvalue weighted by Crippen LogP contribution is -2.46. The molecule has 1 saturated carbocycles. The number of carbonyl (C=O) groups is 3. The van der Waals surface area contributed by atoms with Crippen molar-refractivity contribution in [3.05, 3.63) is 34.4 Å². The zero-order valence-electron chi connectivity index (χ0n) is 14.1. The highest BCUT2D eigenvalue weighted by atomic mass is 16.2. The van der Waals surface area contributed by atoms with Crippen molar-refractivity contribution in [3.8, 4) is 0 Å². The lowest BCUT2D eigenvalue weighted by molar-refractivity contribution is -0.125. The zero-order valence-corrected chi connectivity index (χ0v) is 14.1. The molecule has 3 N–H and O–H groups in total. The maximum absolute atomic E-state index is 12.9. The summed E-state index contributed by atoms with van der Waals surface area (Å²) in [4.78, 5) is 37.3. The molecule has 0 saturated heterocycles. The number of nitrogens with zero attached hydrogens (tertiary/aromatic N) is 1. The highest BCUT2D eigenvalue weighted by Crippen LogP contribution is 2.44. The van der Waals surface area contributed by atoms with Gasteiger partial charge >= 0.3 is 0 Å². The number of nitrogens with one attached hydrogen (secondary N) is 1. The summed E-state index contributed by atoms with van der Waals surface area (Å²) < 4.78 is 0. The van der Waals surface area contributed by atoms with Crippen LogP contribution in [0.15, 0.2) is 12.1 Å². The van der Waals surface area contributed by atoms with Crippen LogP contribution in [-0.2, 0) is 21.7 Å². The molecule has 0 spiro atoms. The van der Waals surface area contributed by atoms with Gasteiger partial charge in [-0.15, -0.1) is 0 Å². The van der Waals surface area contributed by atoms with Gasteiger partial charge in [-0.1, -0.05) is 6.07 Å². The largest absolute Gasteiger partial charge is 0.357 e. The molecule has 6 heteroatoms. The number of aryl methyl sites for hydroxylation is 1. The van der Waals surface area contributed by atoms with Crippen LogP contribution in [0.25, 0.3) is 0 Å². The van der Waals surface area contributed by atoms with Crippen molar-refractivity contribution in [1.82, 2.24) is 10.2 Å². The van der Waals surface area contributed by atoms with E-state index < -0.39 is 6.04 Å². The lowest BCUT2D eigenvalue weighted by atomic mass is 9.96. The average molecular weight is 329 g/mol. The first kappa shape index (κ1) is 16.6. The van der Waals surface area contributed by atoms with Crippen LogP contribution in [0.2, 0.25) is 0 Å². The zero-order chi connectivity index (χ0) is 17.5. The number of benzene rings is 1. The van der Waals surface area contributed by atoms with Gasteiger partial charge in [-0.25, -0.2) is 0 Å². The van der Waals surface area contributed by atoms with E-state index in [0.717, 1.165) is 35.8 Å². The molecule has 1 aliphatic carbocycles. The number of carbonyl (C=O) groups excluding carboxylic acids is 3. The summed E-state index contributed by atoms with van der Waals surface area (Å²) in [5.74, 6) is -0.396. The van der Waals surface area contributed by atoms with Gasteiger partial charge in [-0.05, 0) is 48.9 Å². The Bertz CT molecular complexity index is 710. The SMILES string of the molecule is CNC(=O)C(CCC=O)N1Cc2c(C)cc(C3(N)CC3)cc2C1=O. The number of fused-ring (bicyclic) bond motifs is 1. The third-order valence-electron chi connectivity index (χ3n) is 5.14. The third kappa shape index (κ3) is 2.71. The first-order valence-corrected chi connectivity index (χ1v) is 8.30. The van der Waals surface area contributed by atoms with Gasteiger partial charge in [0.15, 0.2) is 0 Å². The monoisotopic (exact) mass is 329 g/mol. The van der Waals surface area contributed by atoms with Crippen LogP contribution in [0.5, 0.6) is 0 Å². The summed E-state index contributed by atoms with van der Waals surface area (Å²) >= 11 is 0. The van der Waals surface area contributed by atoms with Crippen molar-refractivity contribution in [2.45, 2.75) is 50.7 Å². The molecule has 1 heterocycles. The summed E-state index contributed by atoms with van der Waals surface area (Å²) in [5, 5.41) is 2.59. The molecule has 0 aromatic heterocycles. The summed E-state index contributed by atoms with van der Waals surface area (Å²) in [7, 11) is 1.54. The molecule has 0 bridgehead atoms. The number of likely N-dealkylation sites (N-methyl/N-ethyl adjacent to an activating group) is 1. The van der Waals surface area contributed by atoms with Crippen LogP contribution in [0.1, 0.15) is 52.7 Å². The predicted molar refractivity (Wildman–Crippen MR) is 89.3 cm³/mol. The summed E-state index contributed by atoms with van der Waals surface area (Å²) in [6.07, 6.45) is 3.22. The van der Waals surface area contributed by atoms with E-state index in [1.54, 1.807) is 11.9 Å². The topological polar surface area (TPSA) is 92.5 Å². The number of rotatable bonds is 6. The normalized spacial score (nSPS) is 19.0. The molecule has 128 valence electrons. The standard InChI is InChI=1S/C18H23N3O3/c1-11-8-12(18(19)5-6-18)9-13-14(11)10-21(17(13)24)15(4-3-7-22)16(23)20-2/h7-9,15H,3-6,10,19H2,1-2H3,(H,20,23).